The van der Waals surface area contributed by atoms with Gasteiger partial charge in [0.15, 0.2) is 5.82 Å². The first-order valence-corrected chi connectivity index (χ1v) is 5.65. The van der Waals surface area contributed by atoms with E-state index in [9.17, 15) is 0 Å². The predicted molar refractivity (Wildman–Crippen MR) is 61.1 cm³/mol. The first-order chi connectivity index (χ1) is 7.51. The summed E-state index contributed by atoms with van der Waals surface area (Å²) in [6.45, 7) is 10.2. The van der Waals surface area contributed by atoms with Crippen LogP contribution in [0.2, 0.25) is 0 Å². The van der Waals surface area contributed by atoms with Gasteiger partial charge in [-0.05, 0) is 27.7 Å². The molecular weight excluding hydrogens is 206 g/mol. The normalized spacial score (nSPS) is 12.0. The van der Waals surface area contributed by atoms with E-state index in [0.717, 1.165) is 6.61 Å². The molecule has 92 valence electrons. The van der Waals surface area contributed by atoms with Crippen molar-refractivity contribution in [3.05, 3.63) is 11.7 Å². The highest BCUT2D eigenvalue weighted by Gasteiger charge is 2.12. The van der Waals surface area contributed by atoms with Crippen molar-refractivity contribution in [3.8, 4) is 0 Å². The molecule has 1 aromatic rings. The van der Waals surface area contributed by atoms with Gasteiger partial charge in [0.25, 0.3) is 0 Å². The van der Waals surface area contributed by atoms with Gasteiger partial charge in [0.2, 0.25) is 5.89 Å². The molecule has 5 heteroatoms. The maximum atomic E-state index is 5.22. The van der Waals surface area contributed by atoms with Gasteiger partial charge in [-0.3, -0.25) is 0 Å². The molecule has 1 heterocycles. The van der Waals surface area contributed by atoms with E-state index in [1.807, 2.05) is 6.92 Å². The molecule has 1 N–H and O–H groups in total. The number of hydrogen-bond donors (Lipinski definition) is 1. The topological polar surface area (TPSA) is 60.2 Å². The number of hydrogen-bond acceptors (Lipinski definition) is 5. The second kappa shape index (κ2) is 5.96. The third-order valence-electron chi connectivity index (χ3n) is 1.95. The van der Waals surface area contributed by atoms with Crippen molar-refractivity contribution in [2.75, 3.05) is 13.2 Å². The van der Waals surface area contributed by atoms with Gasteiger partial charge in [0.05, 0.1) is 13.2 Å². The van der Waals surface area contributed by atoms with Gasteiger partial charge in [-0.2, -0.15) is 4.98 Å². The fourth-order valence-corrected chi connectivity index (χ4v) is 1.11. The number of nitrogens with zero attached hydrogens (tertiary/aromatic N) is 2. The Morgan fingerprint density at radius 1 is 1.38 bits per heavy atom. The third-order valence-corrected chi connectivity index (χ3v) is 1.95. The molecule has 1 rings (SSSR count). The monoisotopic (exact) mass is 227 g/mol. The highest BCUT2D eigenvalue weighted by atomic mass is 16.5. The van der Waals surface area contributed by atoms with Gasteiger partial charge in [0.1, 0.15) is 0 Å². The van der Waals surface area contributed by atoms with Crippen LogP contribution in [0.15, 0.2) is 4.52 Å². The summed E-state index contributed by atoms with van der Waals surface area (Å²) in [5.74, 6) is 1.33. The molecule has 0 atom stereocenters. The van der Waals surface area contributed by atoms with E-state index < -0.39 is 0 Å². The SMILES string of the molecule is CCOCCc1noc(CNC(C)(C)C)n1. The standard InChI is InChI=1S/C11H21N3O2/c1-5-15-7-6-9-13-10(16-14-9)8-12-11(2,3)4/h12H,5-8H2,1-4H3. The quantitative estimate of drug-likeness (QED) is 0.747. The first kappa shape index (κ1) is 13.1. The van der Waals surface area contributed by atoms with Crippen molar-refractivity contribution in [2.24, 2.45) is 0 Å². The van der Waals surface area contributed by atoms with Gasteiger partial charge >= 0.3 is 0 Å². The van der Waals surface area contributed by atoms with E-state index in [-0.39, 0.29) is 5.54 Å². The Morgan fingerprint density at radius 3 is 2.75 bits per heavy atom. The van der Waals surface area contributed by atoms with Crippen molar-refractivity contribution in [2.45, 2.75) is 46.2 Å². The minimum atomic E-state index is 0.0555. The molecule has 1 aromatic heterocycles. The minimum Gasteiger partial charge on any atom is -0.381 e. The zero-order valence-corrected chi connectivity index (χ0v) is 10.5. The van der Waals surface area contributed by atoms with Crippen LogP contribution in [0, 0.1) is 0 Å². The lowest BCUT2D eigenvalue weighted by Gasteiger charge is -2.18. The van der Waals surface area contributed by atoms with E-state index in [1.165, 1.54) is 0 Å². The lowest BCUT2D eigenvalue weighted by atomic mass is 10.1. The summed E-state index contributed by atoms with van der Waals surface area (Å²) in [4.78, 5) is 4.26. The number of nitrogens with one attached hydrogen (secondary N) is 1. The zero-order valence-electron chi connectivity index (χ0n) is 10.5. The Bertz CT molecular complexity index is 304. The Labute approximate surface area is 96.6 Å². The molecule has 0 spiro atoms. The number of ether oxygens (including phenoxy) is 1. The van der Waals surface area contributed by atoms with Crippen LogP contribution in [0.3, 0.4) is 0 Å². The lowest BCUT2D eigenvalue weighted by Crippen LogP contribution is -2.35. The number of rotatable bonds is 6. The second-order valence-electron chi connectivity index (χ2n) is 4.65. The largest absolute Gasteiger partial charge is 0.381 e. The molecule has 0 aliphatic carbocycles. The van der Waals surface area contributed by atoms with E-state index in [0.29, 0.717) is 31.3 Å². The molecule has 0 amide bonds. The average molecular weight is 227 g/mol. The molecule has 0 saturated carbocycles. The van der Waals surface area contributed by atoms with Crippen LogP contribution >= 0.6 is 0 Å². The molecule has 0 aliphatic heterocycles. The molecule has 0 unspecified atom stereocenters. The van der Waals surface area contributed by atoms with Crippen molar-refractivity contribution < 1.29 is 9.26 Å². The van der Waals surface area contributed by atoms with Crippen LogP contribution in [0.4, 0.5) is 0 Å². The minimum absolute atomic E-state index is 0.0555. The molecule has 0 aromatic carbocycles. The lowest BCUT2D eigenvalue weighted by molar-refractivity contribution is 0.149. The van der Waals surface area contributed by atoms with Gasteiger partial charge in [-0.15, -0.1) is 0 Å². The summed E-state index contributed by atoms with van der Waals surface area (Å²) in [5.41, 5.74) is 0.0555. The summed E-state index contributed by atoms with van der Waals surface area (Å²) < 4.78 is 10.3. The fourth-order valence-electron chi connectivity index (χ4n) is 1.11. The molecule has 5 nitrogen and oxygen atoms in total. The molecule has 0 saturated heterocycles. The first-order valence-electron chi connectivity index (χ1n) is 5.65. The van der Waals surface area contributed by atoms with E-state index in [4.69, 9.17) is 9.26 Å². The predicted octanol–water partition coefficient (Wildman–Crippen LogP) is 1.54. The molecule has 16 heavy (non-hydrogen) atoms. The summed E-state index contributed by atoms with van der Waals surface area (Å²) in [5, 5.41) is 7.17. The highest BCUT2D eigenvalue weighted by molar-refractivity contribution is 4.87. The van der Waals surface area contributed by atoms with E-state index in [2.05, 4.69) is 36.2 Å². The van der Waals surface area contributed by atoms with Crippen LogP contribution in [0.1, 0.15) is 39.4 Å². The average Bonchev–Trinajstić information content (AvgIpc) is 2.62. The summed E-state index contributed by atoms with van der Waals surface area (Å²) in [6.07, 6.45) is 0.701. The van der Waals surface area contributed by atoms with Crippen LogP contribution in [0.5, 0.6) is 0 Å². The number of aromatic nitrogens is 2. The van der Waals surface area contributed by atoms with Gasteiger partial charge in [-0.25, -0.2) is 0 Å². The van der Waals surface area contributed by atoms with Gasteiger partial charge in [0, 0.05) is 18.6 Å². The van der Waals surface area contributed by atoms with E-state index in [1.54, 1.807) is 0 Å². The second-order valence-corrected chi connectivity index (χ2v) is 4.65. The Balaban J connectivity index is 2.33. The van der Waals surface area contributed by atoms with Crippen molar-refractivity contribution in [3.63, 3.8) is 0 Å². The maximum absolute atomic E-state index is 5.22. The van der Waals surface area contributed by atoms with Crippen LogP contribution in [0.25, 0.3) is 0 Å². The molecular formula is C11H21N3O2. The smallest absolute Gasteiger partial charge is 0.240 e. The van der Waals surface area contributed by atoms with Crippen molar-refractivity contribution in [1.82, 2.24) is 15.5 Å². The maximum Gasteiger partial charge on any atom is 0.240 e. The molecule has 0 aliphatic rings. The van der Waals surface area contributed by atoms with Crippen molar-refractivity contribution in [1.29, 1.82) is 0 Å². The summed E-state index contributed by atoms with van der Waals surface area (Å²) in [7, 11) is 0. The fraction of sp³-hybridized carbons (Fsp3) is 0.818. The van der Waals surface area contributed by atoms with Crippen LogP contribution in [-0.4, -0.2) is 28.9 Å². The van der Waals surface area contributed by atoms with Gasteiger partial charge < -0.3 is 14.6 Å². The zero-order chi connectivity index (χ0) is 12.0. The Hall–Kier alpha value is -0.940. The Kier molecular flexibility index (Phi) is 4.89. The molecule has 0 fully saturated rings. The summed E-state index contributed by atoms with van der Waals surface area (Å²) in [6, 6.07) is 0. The Morgan fingerprint density at radius 2 is 2.12 bits per heavy atom. The summed E-state index contributed by atoms with van der Waals surface area (Å²) >= 11 is 0. The highest BCUT2D eigenvalue weighted by Crippen LogP contribution is 2.03. The molecule has 0 radical (unpaired) electrons. The van der Waals surface area contributed by atoms with E-state index >= 15 is 0 Å². The third kappa shape index (κ3) is 5.23. The van der Waals surface area contributed by atoms with Crippen LogP contribution in [-0.2, 0) is 17.7 Å². The molecule has 0 bridgehead atoms. The van der Waals surface area contributed by atoms with Gasteiger partial charge in [-0.1, -0.05) is 5.16 Å². The van der Waals surface area contributed by atoms with Crippen molar-refractivity contribution >= 4 is 0 Å². The van der Waals surface area contributed by atoms with Crippen LogP contribution < -0.4 is 5.32 Å².